The summed E-state index contributed by atoms with van der Waals surface area (Å²) in [7, 11) is 0. The Balaban J connectivity index is -0.0000000450. The first kappa shape index (κ1) is 15.7. The zero-order valence-corrected chi connectivity index (χ0v) is 9.06. The molecule has 6 heteroatoms. The fourth-order valence-electron chi connectivity index (χ4n) is 0. The predicted octanol–water partition coefficient (Wildman–Crippen LogP) is -0.124. The predicted molar refractivity (Wildman–Crippen MR) is 7.43 cm³/mol. The minimum absolute atomic E-state index is 0. The van der Waals surface area contributed by atoms with Gasteiger partial charge in [0.25, 0.3) is 0 Å². The Hall–Kier alpha value is 1.09. The maximum Gasteiger partial charge on any atom is 0 e. The smallest absolute Gasteiger partial charge is 0 e. The average Bonchev–Trinajstić information content (AvgIpc) is 1.37. The molecule has 0 aromatic heterocycles. The van der Waals surface area contributed by atoms with Gasteiger partial charge in [0.05, 0.1) is 0 Å². The van der Waals surface area contributed by atoms with Gasteiger partial charge in [0.15, 0.2) is 0 Å². The minimum Gasteiger partial charge on any atom is -0.219 e. The maximum absolute atomic E-state index is 6.90. The molecule has 0 aliphatic heterocycles. The molecule has 0 aromatic rings. The van der Waals surface area contributed by atoms with Crippen molar-refractivity contribution in [3.8, 4) is 0 Å². The quantitative estimate of drug-likeness (QED) is 0.349. The first-order chi connectivity index (χ1) is 1.91. The molecule has 0 spiro atoms. The monoisotopic (exact) mass is 194 g/mol. The molecule has 0 heterocycles. The van der Waals surface area contributed by atoms with Crippen molar-refractivity contribution in [3.05, 3.63) is 0 Å². The van der Waals surface area contributed by atoms with Gasteiger partial charge in [-0.2, -0.15) is 0 Å². The van der Waals surface area contributed by atoms with Crippen molar-refractivity contribution in [2.45, 2.75) is 0 Å². The summed E-state index contributed by atoms with van der Waals surface area (Å²) in [6, 6.07) is 0. The summed E-state index contributed by atoms with van der Waals surface area (Å²) in [5.41, 5.74) is 0. The van der Waals surface area contributed by atoms with E-state index in [1.165, 1.54) is 0 Å². The third kappa shape index (κ3) is 19.5. The van der Waals surface area contributed by atoms with E-state index in [9.17, 15) is 0 Å². The molecular formula is H2O4Zn2. The number of hydrogen-bond donors (Lipinski definition) is 2. The van der Waals surface area contributed by atoms with Crippen molar-refractivity contribution in [2.75, 3.05) is 0 Å². The molecule has 2 N–H and O–H groups in total. The Labute approximate surface area is 59.7 Å². The van der Waals surface area contributed by atoms with Gasteiger partial charge < -0.3 is 0 Å². The third-order valence-corrected chi connectivity index (χ3v) is 0.0333. The van der Waals surface area contributed by atoms with Crippen LogP contribution in [-0.2, 0) is 49.0 Å². The van der Waals surface area contributed by atoms with Gasteiger partial charge in [0, 0.05) is 39.0 Å². The molecular weight excluding hydrogens is 195 g/mol. The summed E-state index contributed by atoms with van der Waals surface area (Å²) in [6.45, 7) is 0. The van der Waals surface area contributed by atoms with E-state index in [-0.39, 0.29) is 39.0 Å². The van der Waals surface area contributed by atoms with E-state index in [1.807, 2.05) is 0 Å². The van der Waals surface area contributed by atoms with E-state index in [2.05, 4.69) is 10.1 Å². The van der Waals surface area contributed by atoms with Crippen LogP contribution in [0.3, 0.4) is 0 Å². The van der Waals surface area contributed by atoms with Crippen LogP contribution >= 0.6 is 0 Å². The Morgan fingerprint density at radius 1 is 0.833 bits per heavy atom. The van der Waals surface area contributed by atoms with Crippen molar-refractivity contribution in [3.63, 3.8) is 0 Å². The molecule has 0 aromatic carbocycles. The molecule has 0 unspecified atom stereocenters. The average molecular weight is 197 g/mol. The molecule has 0 fully saturated rings. The molecule has 0 aliphatic rings. The molecule has 30 valence electrons. The first-order valence-corrected chi connectivity index (χ1v) is 0.532. The molecule has 6 heavy (non-hydrogen) atoms. The van der Waals surface area contributed by atoms with Crippen LogP contribution in [0.2, 0.25) is 0 Å². The van der Waals surface area contributed by atoms with Crippen molar-refractivity contribution in [2.24, 2.45) is 0 Å². The second kappa shape index (κ2) is 16.5. The van der Waals surface area contributed by atoms with E-state index < -0.39 is 0 Å². The first-order valence-electron chi connectivity index (χ1n) is 0.532. The zero-order chi connectivity index (χ0) is 3.41. The molecule has 0 amide bonds. The summed E-state index contributed by atoms with van der Waals surface area (Å²) < 4.78 is 0. The van der Waals surface area contributed by atoms with Crippen molar-refractivity contribution in [1.29, 1.82) is 0 Å². The van der Waals surface area contributed by atoms with E-state index in [0.29, 0.717) is 0 Å². The van der Waals surface area contributed by atoms with Crippen molar-refractivity contribution in [1.82, 2.24) is 0 Å². The fraction of sp³-hybridized carbons (Fsp3) is 0. The Bertz CT molecular complexity index is 7.51. The summed E-state index contributed by atoms with van der Waals surface area (Å²) in [6.07, 6.45) is 0. The minimum atomic E-state index is 0. The second-order valence-electron chi connectivity index (χ2n) is 0.149. The SMILES string of the molecule is OOOO.[Zn].[Zn]. The number of rotatable bonds is 1. The van der Waals surface area contributed by atoms with Crippen LogP contribution in [-0.4, -0.2) is 10.5 Å². The zero-order valence-electron chi connectivity index (χ0n) is 3.13. The molecule has 0 radical (unpaired) electrons. The summed E-state index contributed by atoms with van der Waals surface area (Å²) in [5, 5.41) is 19.0. The van der Waals surface area contributed by atoms with Crippen LogP contribution in [0, 0.1) is 0 Å². The van der Waals surface area contributed by atoms with Gasteiger partial charge in [0.1, 0.15) is 0 Å². The Morgan fingerprint density at radius 3 is 1.00 bits per heavy atom. The van der Waals surface area contributed by atoms with Crippen molar-refractivity contribution < 1.29 is 59.5 Å². The molecule has 4 nitrogen and oxygen atoms in total. The van der Waals surface area contributed by atoms with Gasteiger partial charge in [-0.15, -0.1) is 0 Å². The summed E-state index contributed by atoms with van der Waals surface area (Å²) >= 11 is 0. The second-order valence-corrected chi connectivity index (χ2v) is 0.149. The van der Waals surface area contributed by atoms with E-state index >= 15 is 0 Å². The molecule has 0 bridgehead atoms. The topological polar surface area (TPSA) is 58.9 Å². The van der Waals surface area contributed by atoms with Crippen LogP contribution in [0.4, 0.5) is 0 Å². The van der Waals surface area contributed by atoms with Crippen LogP contribution in [0.1, 0.15) is 0 Å². The molecule has 0 saturated heterocycles. The van der Waals surface area contributed by atoms with Gasteiger partial charge in [-0.05, 0) is 10.1 Å². The Morgan fingerprint density at radius 2 is 1.00 bits per heavy atom. The maximum atomic E-state index is 6.90. The van der Waals surface area contributed by atoms with E-state index in [1.54, 1.807) is 0 Å². The van der Waals surface area contributed by atoms with Crippen LogP contribution in [0.25, 0.3) is 0 Å². The van der Waals surface area contributed by atoms with E-state index in [4.69, 9.17) is 10.5 Å². The van der Waals surface area contributed by atoms with Gasteiger partial charge in [-0.3, -0.25) is 0 Å². The largest absolute Gasteiger partial charge is 0.219 e. The van der Waals surface area contributed by atoms with Crippen LogP contribution in [0.15, 0.2) is 0 Å². The van der Waals surface area contributed by atoms with Gasteiger partial charge >= 0.3 is 0 Å². The van der Waals surface area contributed by atoms with Crippen LogP contribution < -0.4 is 0 Å². The fourth-order valence-corrected chi connectivity index (χ4v) is 0. The number of hydrogen-bond acceptors (Lipinski definition) is 4. The molecule has 0 rings (SSSR count). The molecule has 0 aliphatic carbocycles. The van der Waals surface area contributed by atoms with Gasteiger partial charge in [0.2, 0.25) is 0 Å². The van der Waals surface area contributed by atoms with Crippen molar-refractivity contribution >= 4 is 0 Å². The van der Waals surface area contributed by atoms with Crippen LogP contribution in [0.5, 0.6) is 0 Å². The molecule has 0 atom stereocenters. The Kier molecular flexibility index (Phi) is 43.3. The standard InChI is InChI=1S/H2O4.2Zn/c1-3-4-2;;/h1-2H;;. The molecule has 0 saturated carbocycles. The van der Waals surface area contributed by atoms with Gasteiger partial charge in [-0.1, -0.05) is 0 Å². The third-order valence-electron chi connectivity index (χ3n) is 0.0333. The van der Waals surface area contributed by atoms with E-state index in [0.717, 1.165) is 0 Å². The normalized spacial score (nSPS) is 5.00. The summed E-state index contributed by atoms with van der Waals surface area (Å²) in [5.74, 6) is 0. The van der Waals surface area contributed by atoms with Gasteiger partial charge in [-0.25, -0.2) is 10.5 Å². The summed E-state index contributed by atoms with van der Waals surface area (Å²) in [4.78, 5) is 0.